The molecule has 1 saturated heterocycles. The van der Waals surface area contributed by atoms with Crippen LogP contribution in [0.1, 0.15) is 30.2 Å². The van der Waals surface area contributed by atoms with Crippen molar-refractivity contribution < 1.29 is 14.3 Å². The number of hydrogen-bond acceptors (Lipinski definition) is 4. The first-order chi connectivity index (χ1) is 11.7. The van der Waals surface area contributed by atoms with Crippen LogP contribution in [0, 0.1) is 0 Å². The van der Waals surface area contributed by atoms with Gasteiger partial charge in [-0.25, -0.2) is 0 Å². The van der Waals surface area contributed by atoms with E-state index >= 15 is 0 Å². The summed E-state index contributed by atoms with van der Waals surface area (Å²) in [7, 11) is 0. The number of rotatable bonds is 2. The van der Waals surface area contributed by atoms with Crippen molar-refractivity contribution in [3.8, 4) is 0 Å². The van der Waals surface area contributed by atoms with Gasteiger partial charge in [-0.15, -0.1) is 0 Å². The van der Waals surface area contributed by atoms with Crippen molar-refractivity contribution >= 4 is 17.3 Å². The monoisotopic (exact) mass is 324 g/mol. The second-order valence-electron chi connectivity index (χ2n) is 6.14. The molecular weight excluding hydrogens is 304 g/mol. The molecule has 124 valence electrons. The molecular formula is C19H20N2O3. The predicted molar refractivity (Wildman–Crippen MR) is 92.0 cm³/mol. The first-order valence-electron chi connectivity index (χ1n) is 8.18. The Hall–Kier alpha value is -2.37. The third kappa shape index (κ3) is 2.77. The van der Waals surface area contributed by atoms with Gasteiger partial charge >= 0.3 is 0 Å². The number of carbonyl (C=O) groups is 1. The molecule has 5 heteroatoms. The zero-order chi connectivity index (χ0) is 16.5. The second kappa shape index (κ2) is 6.26. The minimum Gasteiger partial charge on any atom is -0.375 e. The van der Waals surface area contributed by atoms with Crippen molar-refractivity contribution in [2.75, 3.05) is 23.8 Å². The van der Waals surface area contributed by atoms with Gasteiger partial charge in [0.2, 0.25) is 5.91 Å². The van der Waals surface area contributed by atoms with Crippen LogP contribution in [-0.4, -0.2) is 25.2 Å². The van der Waals surface area contributed by atoms with Crippen molar-refractivity contribution in [1.82, 2.24) is 0 Å². The number of ether oxygens (including phenoxy) is 2. The number of fused-ring (bicyclic) bond motifs is 3. The number of nitrogens with one attached hydrogen (secondary N) is 2. The normalized spacial score (nSPS) is 25.1. The molecule has 24 heavy (non-hydrogen) atoms. The Labute approximate surface area is 141 Å². The van der Waals surface area contributed by atoms with E-state index in [9.17, 15) is 4.79 Å². The fourth-order valence-electron chi connectivity index (χ4n) is 3.47. The molecule has 1 amide bonds. The van der Waals surface area contributed by atoms with Crippen LogP contribution in [0.4, 0.5) is 11.4 Å². The van der Waals surface area contributed by atoms with Crippen molar-refractivity contribution in [2.24, 2.45) is 0 Å². The van der Waals surface area contributed by atoms with Gasteiger partial charge in [0.25, 0.3) is 0 Å². The Bertz CT molecular complexity index is 748. The zero-order valence-electron chi connectivity index (χ0n) is 13.5. The van der Waals surface area contributed by atoms with Gasteiger partial charge in [-0.05, 0) is 23.8 Å². The molecule has 0 saturated carbocycles. The molecule has 2 N–H and O–H groups in total. The summed E-state index contributed by atoms with van der Waals surface area (Å²) in [6.45, 7) is 2.67. The summed E-state index contributed by atoms with van der Waals surface area (Å²) in [5.41, 5.74) is 3.99. The van der Waals surface area contributed by atoms with Crippen LogP contribution in [0.25, 0.3) is 0 Å². The highest BCUT2D eigenvalue weighted by molar-refractivity contribution is 5.89. The summed E-state index contributed by atoms with van der Waals surface area (Å²) in [5.74, 6) is -0.0850. The quantitative estimate of drug-likeness (QED) is 0.890. The zero-order valence-corrected chi connectivity index (χ0v) is 13.5. The lowest BCUT2D eigenvalue weighted by molar-refractivity contribution is -0.151. The molecule has 2 aromatic carbocycles. The molecule has 2 heterocycles. The molecule has 2 aliphatic rings. The number of benzene rings is 2. The van der Waals surface area contributed by atoms with Gasteiger partial charge in [0.15, 0.2) is 0 Å². The summed E-state index contributed by atoms with van der Waals surface area (Å²) < 4.78 is 12.1. The fraction of sp³-hybridized carbons (Fsp3) is 0.316. The van der Waals surface area contributed by atoms with E-state index < -0.39 is 0 Å². The lowest BCUT2D eigenvalue weighted by Gasteiger charge is -2.43. The standard InChI is InChI=1S/C19H20N2O3/c1-12(22)20-14-7-8-16-15(11-14)18-19(24-10-9-23-18)17(21-16)13-5-3-2-4-6-13/h2-8,11,17-19,21H,9-10H2,1H3,(H,20,22). The second-order valence-corrected chi connectivity index (χ2v) is 6.14. The van der Waals surface area contributed by atoms with E-state index in [1.807, 2.05) is 36.4 Å². The summed E-state index contributed by atoms with van der Waals surface area (Å²) >= 11 is 0. The largest absolute Gasteiger partial charge is 0.375 e. The number of hydrogen-bond donors (Lipinski definition) is 2. The summed E-state index contributed by atoms with van der Waals surface area (Å²) in [5, 5.41) is 6.41. The minimum atomic E-state index is -0.145. The summed E-state index contributed by atoms with van der Waals surface area (Å²) in [6.07, 6.45) is -0.241. The molecule has 2 aliphatic heterocycles. The predicted octanol–water partition coefficient (Wildman–Crippen LogP) is 3.27. The van der Waals surface area contributed by atoms with E-state index in [1.54, 1.807) is 0 Å². The van der Waals surface area contributed by atoms with Gasteiger partial charge in [0.05, 0.1) is 19.3 Å². The van der Waals surface area contributed by atoms with Crippen molar-refractivity contribution in [2.45, 2.75) is 25.2 Å². The third-order valence-electron chi connectivity index (χ3n) is 4.47. The number of amides is 1. The molecule has 3 atom stereocenters. The highest BCUT2D eigenvalue weighted by Gasteiger charge is 2.41. The average molecular weight is 324 g/mol. The van der Waals surface area contributed by atoms with Gasteiger partial charge < -0.3 is 20.1 Å². The van der Waals surface area contributed by atoms with Gasteiger partial charge in [0, 0.05) is 23.9 Å². The Balaban J connectivity index is 1.73. The SMILES string of the molecule is CC(=O)Nc1ccc2c(c1)C1OCCOC1C(c1ccccc1)N2. The van der Waals surface area contributed by atoms with Gasteiger partial charge in [0.1, 0.15) is 12.2 Å². The first kappa shape index (κ1) is 15.2. The van der Waals surface area contributed by atoms with E-state index in [-0.39, 0.29) is 24.2 Å². The lowest BCUT2D eigenvalue weighted by Crippen LogP contribution is -2.43. The Morgan fingerprint density at radius 1 is 1.12 bits per heavy atom. The fourth-order valence-corrected chi connectivity index (χ4v) is 3.47. The van der Waals surface area contributed by atoms with Crippen molar-refractivity contribution in [3.63, 3.8) is 0 Å². The first-order valence-corrected chi connectivity index (χ1v) is 8.18. The van der Waals surface area contributed by atoms with Crippen LogP contribution in [0.5, 0.6) is 0 Å². The van der Waals surface area contributed by atoms with Crippen molar-refractivity contribution in [1.29, 1.82) is 0 Å². The molecule has 3 unspecified atom stereocenters. The summed E-state index contributed by atoms with van der Waals surface area (Å²) in [6, 6.07) is 16.2. The van der Waals surface area contributed by atoms with Crippen LogP contribution >= 0.6 is 0 Å². The maximum absolute atomic E-state index is 11.3. The molecule has 5 nitrogen and oxygen atoms in total. The molecule has 0 aliphatic carbocycles. The maximum Gasteiger partial charge on any atom is 0.221 e. The third-order valence-corrected chi connectivity index (χ3v) is 4.47. The minimum absolute atomic E-state index is 0.0376. The van der Waals surface area contributed by atoms with Gasteiger partial charge in [-0.1, -0.05) is 30.3 Å². The molecule has 2 aromatic rings. The Morgan fingerprint density at radius 2 is 1.92 bits per heavy atom. The summed E-state index contributed by atoms with van der Waals surface area (Å²) in [4.78, 5) is 11.3. The van der Waals surface area contributed by atoms with Crippen LogP contribution in [0.15, 0.2) is 48.5 Å². The highest BCUT2D eigenvalue weighted by atomic mass is 16.6. The van der Waals surface area contributed by atoms with E-state index in [0.29, 0.717) is 13.2 Å². The van der Waals surface area contributed by atoms with Crippen LogP contribution in [0.3, 0.4) is 0 Å². The molecule has 0 radical (unpaired) electrons. The average Bonchev–Trinajstić information content (AvgIpc) is 2.61. The van der Waals surface area contributed by atoms with Crippen molar-refractivity contribution in [3.05, 3.63) is 59.7 Å². The molecule has 0 spiro atoms. The van der Waals surface area contributed by atoms with Gasteiger partial charge in [-0.2, -0.15) is 0 Å². The lowest BCUT2D eigenvalue weighted by atomic mass is 9.87. The van der Waals surface area contributed by atoms with E-state index in [4.69, 9.17) is 9.47 Å². The van der Waals surface area contributed by atoms with Crippen LogP contribution < -0.4 is 10.6 Å². The van der Waals surface area contributed by atoms with E-state index in [2.05, 4.69) is 22.8 Å². The molecule has 4 rings (SSSR count). The maximum atomic E-state index is 11.3. The van der Waals surface area contributed by atoms with Gasteiger partial charge in [-0.3, -0.25) is 4.79 Å². The van der Waals surface area contributed by atoms with Crippen LogP contribution in [0.2, 0.25) is 0 Å². The Morgan fingerprint density at radius 3 is 2.71 bits per heavy atom. The molecule has 1 fully saturated rings. The highest BCUT2D eigenvalue weighted by Crippen LogP contribution is 2.44. The number of anilines is 2. The molecule has 0 aromatic heterocycles. The number of carbonyl (C=O) groups excluding carboxylic acids is 1. The Kier molecular flexibility index (Phi) is 3.96. The molecule has 0 bridgehead atoms. The van der Waals surface area contributed by atoms with E-state index in [1.165, 1.54) is 12.5 Å². The topological polar surface area (TPSA) is 59.6 Å². The van der Waals surface area contributed by atoms with E-state index in [0.717, 1.165) is 16.9 Å². The smallest absolute Gasteiger partial charge is 0.221 e. The van der Waals surface area contributed by atoms with Crippen LogP contribution in [-0.2, 0) is 14.3 Å².